The molecule has 2 aromatic carbocycles. The molecule has 162 valence electrons. The van der Waals surface area contributed by atoms with Crippen LogP contribution >= 0.6 is 0 Å². The van der Waals surface area contributed by atoms with Crippen molar-refractivity contribution in [2.45, 2.75) is 19.4 Å². The molecule has 1 N–H and O–H groups in total. The van der Waals surface area contributed by atoms with Crippen molar-refractivity contribution in [3.05, 3.63) is 65.7 Å². The summed E-state index contributed by atoms with van der Waals surface area (Å²) in [7, 11) is -2.05. The molecule has 2 rings (SSSR count). The Morgan fingerprint density at radius 2 is 1.90 bits per heavy atom. The maximum absolute atomic E-state index is 11.8. The second kappa shape index (κ2) is 11.4. The largest absolute Gasteiger partial charge is 0.464 e. The van der Waals surface area contributed by atoms with Gasteiger partial charge in [-0.1, -0.05) is 36.4 Å². The predicted octanol–water partition coefficient (Wildman–Crippen LogP) is 3.27. The van der Waals surface area contributed by atoms with Crippen molar-refractivity contribution < 1.29 is 26.9 Å². The van der Waals surface area contributed by atoms with Gasteiger partial charge in [-0.2, -0.15) is 8.42 Å². The van der Waals surface area contributed by atoms with Crippen LogP contribution in [0, 0.1) is 0 Å². The van der Waals surface area contributed by atoms with Gasteiger partial charge >= 0.3 is 16.1 Å². The molecule has 0 amide bonds. The number of nitrogens with one attached hydrogen (secondary N) is 1. The first-order valence-corrected chi connectivity index (χ1v) is 11.3. The molecule has 0 saturated heterocycles. The van der Waals surface area contributed by atoms with Gasteiger partial charge in [-0.25, -0.2) is 4.79 Å². The number of anilines is 1. The summed E-state index contributed by atoms with van der Waals surface area (Å²) in [6.07, 6.45) is 4.64. The summed E-state index contributed by atoms with van der Waals surface area (Å²) in [6, 6.07) is 14.6. The molecule has 0 aliphatic heterocycles. The van der Waals surface area contributed by atoms with Gasteiger partial charge in [0.05, 0.1) is 12.9 Å². The van der Waals surface area contributed by atoms with E-state index in [4.69, 9.17) is 13.7 Å². The minimum Gasteiger partial charge on any atom is -0.464 e. The van der Waals surface area contributed by atoms with Crippen LogP contribution in [-0.4, -0.2) is 47.0 Å². The van der Waals surface area contributed by atoms with Crippen LogP contribution in [0.4, 0.5) is 5.69 Å². The third-order valence-electron chi connectivity index (χ3n) is 4.05. The van der Waals surface area contributed by atoms with Gasteiger partial charge in [0.1, 0.15) is 5.75 Å². The summed E-state index contributed by atoms with van der Waals surface area (Å²) in [4.78, 5) is 11.8. The molecule has 0 aliphatic carbocycles. The summed E-state index contributed by atoms with van der Waals surface area (Å²) in [5.74, 6) is -0.0845. The second-order valence-electron chi connectivity index (χ2n) is 6.52. The Labute approximate surface area is 177 Å². The van der Waals surface area contributed by atoms with Gasteiger partial charge in [-0.15, -0.1) is 0 Å². The zero-order valence-electron chi connectivity index (χ0n) is 17.3. The van der Waals surface area contributed by atoms with Gasteiger partial charge in [0.25, 0.3) is 0 Å². The lowest BCUT2D eigenvalue weighted by Gasteiger charge is -2.14. The maximum atomic E-state index is 11.8. The second-order valence-corrected chi connectivity index (χ2v) is 8.10. The number of ether oxygens (including phenoxy) is 2. The Morgan fingerprint density at radius 1 is 1.17 bits per heavy atom. The Morgan fingerprint density at radius 3 is 2.53 bits per heavy atom. The van der Waals surface area contributed by atoms with E-state index in [1.165, 1.54) is 7.11 Å². The van der Waals surface area contributed by atoms with Crippen molar-refractivity contribution in [1.82, 2.24) is 0 Å². The van der Waals surface area contributed by atoms with Crippen LogP contribution in [0.15, 0.2) is 54.6 Å². The lowest BCUT2D eigenvalue weighted by molar-refractivity contribution is -0.154. The van der Waals surface area contributed by atoms with Crippen LogP contribution in [0.25, 0.3) is 6.08 Å². The van der Waals surface area contributed by atoms with Gasteiger partial charge < -0.3 is 19.0 Å². The quantitative estimate of drug-likeness (QED) is 0.430. The number of methoxy groups -OCH3 is 1. The third-order valence-corrected chi connectivity index (χ3v) is 4.54. The number of rotatable bonds is 11. The fourth-order valence-corrected chi connectivity index (χ4v) is 3.14. The van der Waals surface area contributed by atoms with E-state index in [1.807, 2.05) is 42.5 Å². The lowest BCUT2D eigenvalue weighted by atomic mass is 10.1. The summed E-state index contributed by atoms with van der Waals surface area (Å²) < 4.78 is 37.5. The zero-order chi connectivity index (χ0) is 22.0. The summed E-state index contributed by atoms with van der Waals surface area (Å²) >= 11 is 0. The fourth-order valence-electron chi connectivity index (χ4n) is 2.69. The first-order chi connectivity index (χ1) is 14.3. The average molecular weight is 434 g/mol. The van der Waals surface area contributed by atoms with E-state index in [9.17, 15) is 13.2 Å². The molecule has 7 nitrogen and oxygen atoms in total. The van der Waals surface area contributed by atoms with E-state index >= 15 is 0 Å². The first kappa shape index (κ1) is 23.4. The monoisotopic (exact) mass is 433 g/mol. The highest BCUT2D eigenvalue weighted by molar-refractivity contribution is 7.86. The van der Waals surface area contributed by atoms with Gasteiger partial charge in [0, 0.05) is 25.8 Å². The van der Waals surface area contributed by atoms with Crippen molar-refractivity contribution in [1.29, 1.82) is 0 Å². The Bertz CT molecular complexity index is 954. The summed E-state index contributed by atoms with van der Waals surface area (Å²) in [5, 5.41) is 3.27. The SMILES string of the molecule is CCOC(=O)C(Cc1ccc(NC/C=C/c2cccc(OS(C)(=O)=O)c2)cc1)OC. The van der Waals surface area contributed by atoms with E-state index in [2.05, 4.69) is 5.32 Å². The van der Waals surface area contributed by atoms with Crippen molar-refractivity contribution in [2.24, 2.45) is 0 Å². The summed E-state index contributed by atoms with van der Waals surface area (Å²) in [6.45, 7) is 2.67. The van der Waals surface area contributed by atoms with Crippen LogP contribution in [-0.2, 0) is 30.8 Å². The van der Waals surface area contributed by atoms with Crippen LogP contribution in [0.1, 0.15) is 18.1 Å². The highest BCUT2D eigenvalue weighted by atomic mass is 32.2. The van der Waals surface area contributed by atoms with Crippen LogP contribution in [0.2, 0.25) is 0 Å². The third kappa shape index (κ3) is 8.26. The molecule has 0 saturated carbocycles. The van der Waals surface area contributed by atoms with Gasteiger partial charge in [0.15, 0.2) is 6.10 Å². The normalized spacial score (nSPS) is 12.5. The van der Waals surface area contributed by atoms with Crippen LogP contribution < -0.4 is 9.50 Å². The molecule has 0 radical (unpaired) electrons. The molecule has 30 heavy (non-hydrogen) atoms. The highest BCUT2D eigenvalue weighted by Gasteiger charge is 2.19. The number of carbonyl (C=O) groups is 1. The Hall–Kier alpha value is -2.84. The number of carbonyl (C=O) groups excluding carboxylic acids is 1. The molecular formula is C22H27NO6S. The van der Waals surface area contributed by atoms with Crippen LogP contribution in [0.3, 0.4) is 0 Å². The molecular weight excluding hydrogens is 406 g/mol. The van der Waals surface area contributed by atoms with Crippen LogP contribution in [0.5, 0.6) is 5.75 Å². The zero-order valence-corrected chi connectivity index (χ0v) is 18.1. The number of hydrogen-bond donors (Lipinski definition) is 1. The molecule has 1 unspecified atom stereocenters. The Balaban J connectivity index is 1.87. The van der Waals surface area contributed by atoms with E-state index in [0.717, 1.165) is 23.1 Å². The van der Waals surface area contributed by atoms with Gasteiger partial charge in [-0.05, 0) is 42.3 Å². The van der Waals surface area contributed by atoms with E-state index in [-0.39, 0.29) is 11.7 Å². The lowest BCUT2D eigenvalue weighted by Crippen LogP contribution is -2.27. The number of hydrogen-bond acceptors (Lipinski definition) is 7. The summed E-state index contributed by atoms with van der Waals surface area (Å²) in [5.41, 5.74) is 2.74. The van der Waals surface area contributed by atoms with Crippen molar-refractivity contribution >= 4 is 27.9 Å². The minimum absolute atomic E-state index is 0.278. The predicted molar refractivity (Wildman–Crippen MR) is 117 cm³/mol. The van der Waals surface area contributed by atoms with E-state index in [1.54, 1.807) is 25.1 Å². The molecule has 0 aliphatic rings. The molecule has 0 aromatic heterocycles. The number of esters is 1. The maximum Gasteiger partial charge on any atom is 0.335 e. The molecule has 8 heteroatoms. The fraction of sp³-hybridized carbons (Fsp3) is 0.318. The molecule has 1 atom stereocenters. The average Bonchev–Trinajstić information content (AvgIpc) is 2.69. The van der Waals surface area contributed by atoms with Crippen molar-refractivity contribution in [3.63, 3.8) is 0 Å². The van der Waals surface area contributed by atoms with Crippen molar-refractivity contribution in [2.75, 3.05) is 31.8 Å². The molecule has 0 spiro atoms. The molecule has 2 aromatic rings. The Kier molecular flexibility index (Phi) is 8.89. The molecule has 0 bridgehead atoms. The number of benzene rings is 2. The molecule has 0 fully saturated rings. The topological polar surface area (TPSA) is 90.9 Å². The van der Waals surface area contributed by atoms with Gasteiger partial charge in [-0.3, -0.25) is 0 Å². The minimum atomic E-state index is -3.55. The van der Waals surface area contributed by atoms with E-state index in [0.29, 0.717) is 19.6 Å². The molecule has 0 heterocycles. The van der Waals surface area contributed by atoms with Gasteiger partial charge in [0.2, 0.25) is 0 Å². The highest BCUT2D eigenvalue weighted by Crippen LogP contribution is 2.16. The smallest absolute Gasteiger partial charge is 0.335 e. The van der Waals surface area contributed by atoms with E-state index < -0.39 is 16.2 Å². The standard InChI is InChI=1S/C22H27NO6S/c1-4-28-22(24)21(27-2)16-18-10-12-19(13-11-18)23-14-6-8-17-7-5-9-20(15-17)29-30(3,25)26/h5-13,15,21,23H,4,14,16H2,1-3H3/b8-6+. The first-order valence-electron chi connectivity index (χ1n) is 9.49. The van der Waals surface area contributed by atoms with Crippen molar-refractivity contribution in [3.8, 4) is 5.75 Å².